The second-order valence-corrected chi connectivity index (χ2v) is 6.35. The van der Waals surface area contributed by atoms with Gasteiger partial charge in [0.05, 0.1) is 0 Å². The molecule has 128 valence electrons. The van der Waals surface area contributed by atoms with E-state index in [1.54, 1.807) is 56.3 Å². The van der Waals surface area contributed by atoms with Crippen LogP contribution < -0.4 is 15.1 Å². The van der Waals surface area contributed by atoms with Crippen LogP contribution in [0.1, 0.15) is 13.8 Å². The highest BCUT2D eigenvalue weighted by molar-refractivity contribution is 6.30. The zero-order chi connectivity index (χ0) is 18.0. The van der Waals surface area contributed by atoms with E-state index in [-0.39, 0.29) is 5.75 Å². The predicted molar refractivity (Wildman–Crippen MR) is 94.3 cm³/mol. The molecular formula is C19H15ClO5. The number of benzene rings is 2. The fourth-order valence-corrected chi connectivity index (χ4v) is 2.30. The Kier molecular flexibility index (Phi) is 4.51. The van der Waals surface area contributed by atoms with E-state index in [0.29, 0.717) is 16.4 Å². The van der Waals surface area contributed by atoms with E-state index in [0.717, 1.165) is 5.39 Å². The van der Waals surface area contributed by atoms with Gasteiger partial charge < -0.3 is 13.9 Å². The molecule has 0 saturated heterocycles. The van der Waals surface area contributed by atoms with Gasteiger partial charge in [0.15, 0.2) is 0 Å². The first kappa shape index (κ1) is 17.0. The van der Waals surface area contributed by atoms with Gasteiger partial charge in [0.2, 0.25) is 5.60 Å². The lowest BCUT2D eigenvalue weighted by molar-refractivity contribution is -0.149. The third kappa shape index (κ3) is 4.00. The summed E-state index contributed by atoms with van der Waals surface area (Å²) in [5, 5.41) is 1.31. The van der Waals surface area contributed by atoms with Crippen molar-refractivity contribution in [3.8, 4) is 11.5 Å². The van der Waals surface area contributed by atoms with E-state index in [9.17, 15) is 9.59 Å². The van der Waals surface area contributed by atoms with E-state index in [4.69, 9.17) is 25.5 Å². The van der Waals surface area contributed by atoms with E-state index >= 15 is 0 Å². The van der Waals surface area contributed by atoms with Crippen molar-refractivity contribution in [1.82, 2.24) is 0 Å². The maximum Gasteiger partial charge on any atom is 0.355 e. The zero-order valence-corrected chi connectivity index (χ0v) is 14.4. The minimum atomic E-state index is -1.22. The van der Waals surface area contributed by atoms with Crippen LogP contribution in [0.3, 0.4) is 0 Å². The summed E-state index contributed by atoms with van der Waals surface area (Å²) in [5.41, 5.74) is -1.35. The van der Waals surface area contributed by atoms with Crippen molar-refractivity contribution in [1.29, 1.82) is 0 Å². The summed E-state index contributed by atoms with van der Waals surface area (Å²) in [5.74, 6) is 0.176. The van der Waals surface area contributed by atoms with Crippen LogP contribution in [0.25, 0.3) is 11.0 Å². The molecular weight excluding hydrogens is 344 g/mol. The summed E-state index contributed by atoms with van der Waals surface area (Å²) in [7, 11) is 0. The molecule has 0 radical (unpaired) electrons. The summed E-state index contributed by atoms with van der Waals surface area (Å²) >= 11 is 5.83. The Morgan fingerprint density at radius 2 is 1.64 bits per heavy atom. The quantitative estimate of drug-likeness (QED) is 0.397. The molecule has 0 N–H and O–H groups in total. The molecule has 0 saturated carbocycles. The Bertz CT molecular complexity index is 973. The third-order valence-electron chi connectivity index (χ3n) is 3.48. The van der Waals surface area contributed by atoms with Crippen molar-refractivity contribution < 1.29 is 18.7 Å². The standard InChI is InChI=1S/C19H15ClO5/c1-19(2,25-14-8-5-13(20)6-9-14)18(22)23-15-7-3-12-4-10-17(21)24-16(12)11-15/h3-11H,1-2H3. The molecule has 0 unspecified atom stereocenters. The molecule has 1 aromatic heterocycles. The van der Waals surface area contributed by atoms with Gasteiger partial charge >= 0.3 is 11.6 Å². The average molecular weight is 359 g/mol. The number of ether oxygens (including phenoxy) is 2. The van der Waals surface area contributed by atoms with Crippen molar-refractivity contribution in [2.45, 2.75) is 19.4 Å². The lowest BCUT2D eigenvalue weighted by atomic mass is 10.1. The topological polar surface area (TPSA) is 65.7 Å². The highest BCUT2D eigenvalue weighted by Crippen LogP contribution is 2.24. The first-order valence-corrected chi connectivity index (χ1v) is 7.92. The summed E-state index contributed by atoms with van der Waals surface area (Å²) in [6.07, 6.45) is 0. The van der Waals surface area contributed by atoms with Gasteiger partial charge in [0.1, 0.15) is 17.1 Å². The number of hydrogen-bond donors (Lipinski definition) is 0. The van der Waals surface area contributed by atoms with E-state index in [1.165, 1.54) is 12.1 Å². The lowest BCUT2D eigenvalue weighted by Gasteiger charge is -2.24. The largest absolute Gasteiger partial charge is 0.476 e. The Labute approximate surface area is 148 Å². The minimum Gasteiger partial charge on any atom is -0.476 e. The van der Waals surface area contributed by atoms with E-state index in [1.807, 2.05) is 0 Å². The summed E-state index contributed by atoms with van der Waals surface area (Å²) < 4.78 is 16.1. The number of fused-ring (bicyclic) bond motifs is 1. The molecule has 3 aromatic rings. The minimum absolute atomic E-state index is 0.264. The molecule has 5 nitrogen and oxygen atoms in total. The fraction of sp³-hybridized carbons (Fsp3) is 0.158. The second-order valence-electron chi connectivity index (χ2n) is 5.91. The summed E-state index contributed by atoms with van der Waals surface area (Å²) in [6.45, 7) is 3.20. The van der Waals surface area contributed by atoms with Crippen molar-refractivity contribution in [2.75, 3.05) is 0 Å². The monoisotopic (exact) mass is 358 g/mol. The molecule has 0 aliphatic rings. The van der Waals surface area contributed by atoms with E-state index < -0.39 is 17.2 Å². The van der Waals surface area contributed by atoms with Crippen LogP contribution in [-0.4, -0.2) is 11.6 Å². The Balaban J connectivity index is 1.78. The van der Waals surface area contributed by atoms with Crippen LogP contribution in [0.4, 0.5) is 0 Å². The van der Waals surface area contributed by atoms with Gasteiger partial charge in [0, 0.05) is 22.5 Å². The first-order valence-electron chi connectivity index (χ1n) is 7.54. The van der Waals surface area contributed by atoms with Crippen LogP contribution in [0.5, 0.6) is 11.5 Å². The molecule has 0 bridgehead atoms. The lowest BCUT2D eigenvalue weighted by Crippen LogP contribution is -2.41. The van der Waals surface area contributed by atoms with Crippen molar-refractivity contribution in [3.05, 3.63) is 70.0 Å². The van der Waals surface area contributed by atoms with Crippen molar-refractivity contribution in [3.63, 3.8) is 0 Å². The van der Waals surface area contributed by atoms with Crippen LogP contribution in [0, 0.1) is 0 Å². The Morgan fingerprint density at radius 3 is 2.36 bits per heavy atom. The normalized spacial score (nSPS) is 11.3. The molecule has 0 atom stereocenters. The number of esters is 1. The van der Waals surface area contributed by atoms with Gasteiger partial charge in [0.25, 0.3) is 0 Å². The highest BCUT2D eigenvalue weighted by atomic mass is 35.5. The number of carbonyl (C=O) groups is 1. The molecule has 6 heteroatoms. The molecule has 0 amide bonds. The fourth-order valence-electron chi connectivity index (χ4n) is 2.17. The SMILES string of the molecule is CC(C)(Oc1ccc(Cl)cc1)C(=O)Oc1ccc2ccc(=O)oc2c1. The predicted octanol–water partition coefficient (Wildman–Crippen LogP) is 4.21. The van der Waals surface area contributed by atoms with Crippen LogP contribution in [0.2, 0.25) is 5.02 Å². The maximum absolute atomic E-state index is 12.4. The summed E-state index contributed by atoms with van der Waals surface area (Å²) in [4.78, 5) is 23.7. The molecule has 0 aliphatic heterocycles. The molecule has 0 aliphatic carbocycles. The second kappa shape index (κ2) is 6.61. The van der Waals surface area contributed by atoms with Gasteiger partial charge in [-0.15, -0.1) is 0 Å². The van der Waals surface area contributed by atoms with Gasteiger partial charge in [-0.25, -0.2) is 9.59 Å². The molecule has 0 fully saturated rings. The Hall–Kier alpha value is -2.79. The van der Waals surface area contributed by atoms with Gasteiger partial charge in [-0.05, 0) is 56.3 Å². The smallest absolute Gasteiger partial charge is 0.355 e. The number of hydrogen-bond acceptors (Lipinski definition) is 5. The molecule has 2 aromatic carbocycles. The van der Waals surface area contributed by atoms with Gasteiger partial charge in [-0.3, -0.25) is 0 Å². The molecule has 3 rings (SSSR count). The summed E-state index contributed by atoms with van der Waals surface area (Å²) in [6, 6.07) is 14.5. The number of carbonyl (C=O) groups excluding carboxylic acids is 1. The van der Waals surface area contributed by atoms with Crippen LogP contribution in [0.15, 0.2) is 63.8 Å². The van der Waals surface area contributed by atoms with Crippen LogP contribution in [-0.2, 0) is 4.79 Å². The maximum atomic E-state index is 12.4. The van der Waals surface area contributed by atoms with Gasteiger partial charge in [-0.2, -0.15) is 0 Å². The zero-order valence-electron chi connectivity index (χ0n) is 13.6. The van der Waals surface area contributed by atoms with E-state index in [2.05, 4.69) is 0 Å². The number of rotatable bonds is 4. The Morgan fingerprint density at radius 1 is 1.00 bits per heavy atom. The van der Waals surface area contributed by atoms with Crippen molar-refractivity contribution >= 4 is 28.5 Å². The molecule has 1 heterocycles. The van der Waals surface area contributed by atoms with Gasteiger partial charge in [-0.1, -0.05) is 11.6 Å². The number of halogens is 1. The first-order chi connectivity index (χ1) is 11.8. The highest BCUT2D eigenvalue weighted by Gasteiger charge is 2.32. The third-order valence-corrected chi connectivity index (χ3v) is 3.74. The molecule has 0 spiro atoms. The molecule has 25 heavy (non-hydrogen) atoms. The van der Waals surface area contributed by atoms with Crippen molar-refractivity contribution in [2.24, 2.45) is 0 Å². The van der Waals surface area contributed by atoms with Crippen LogP contribution >= 0.6 is 11.6 Å². The average Bonchev–Trinajstić information content (AvgIpc) is 2.56.